The number of methoxy groups -OCH3 is 3. The quantitative estimate of drug-likeness (QED) is 0.558. The summed E-state index contributed by atoms with van der Waals surface area (Å²) >= 11 is 0. The molecule has 0 radical (unpaired) electrons. The Morgan fingerprint density at radius 2 is 1.72 bits per heavy atom. The molecule has 0 fully saturated rings. The normalized spacial score (nSPS) is 15.0. The molecule has 0 spiro atoms. The number of likely N-dealkylation sites (N-methyl/N-ethyl adjacent to an activating group) is 1. The molecule has 5 heteroatoms. The molecular weight excluding hydrogens is 232 g/mol. The lowest BCUT2D eigenvalue weighted by molar-refractivity contribution is 0.0177. The van der Waals surface area contributed by atoms with Crippen LogP contribution in [-0.4, -0.2) is 77.8 Å². The van der Waals surface area contributed by atoms with Crippen molar-refractivity contribution in [2.45, 2.75) is 25.9 Å². The van der Waals surface area contributed by atoms with Gasteiger partial charge in [-0.3, -0.25) is 4.90 Å². The fourth-order valence-electron chi connectivity index (χ4n) is 2.07. The van der Waals surface area contributed by atoms with Crippen molar-refractivity contribution >= 4 is 0 Å². The number of nitrogens with one attached hydrogen (secondary N) is 1. The molecule has 0 aliphatic rings. The van der Waals surface area contributed by atoms with Gasteiger partial charge in [-0.15, -0.1) is 0 Å². The van der Waals surface area contributed by atoms with Gasteiger partial charge in [-0.2, -0.15) is 0 Å². The molecule has 0 amide bonds. The van der Waals surface area contributed by atoms with E-state index in [-0.39, 0.29) is 0 Å². The summed E-state index contributed by atoms with van der Waals surface area (Å²) in [5, 5.41) is 3.38. The first-order valence-electron chi connectivity index (χ1n) is 6.64. The molecule has 0 aromatic heterocycles. The van der Waals surface area contributed by atoms with Gasteiger partial charge in [0.05, 0.1) is 19.8 Å². The summed E-state index contributed by atoms with van der Waals surface area (Å²) in [5.41, 5.74) is 0. The van der Waals surface area contributed by atoms with E-state index in [2.05, 4.69) is 24.1 Å². The van der Waals surface area contributed by atoms with Crippen LogP contribution in [-0.2, 0) is 14.2 Å². The standard InChI is InChI=1S/C13H30N2O3/c1-6-14-9-13(11-18-5)15(7-8-16-3)12(2)10-17-4/h12-14H,6-11H2,1-5H3. The van der Waals surface area contributed by atoms with Crippen molar-refractivity contribution in [3.05, 3.63) is 0 Å². The zero-order chi connectivity index (χ0) is 13.8. The van der Waals surface area contributed by atoms with Crippen LogP contribution < -0.4 is 5.32 Å². The minimum absolute atomic E-state index is 0.343. The summed E-state index contributed by atoms with van der Waals surface area (Å²) in [6.45, 7) is 9.22. The third kappa shape index (κ3) is 7.28. The number of rotatable bonds is 12. The summed E-state index contributed by atoms with van der Waals surface area (Å²) in [4.78, 5) is 2.39. The van der Waals surface area contributed by atoms with E-state index in [1.165, 1.54) is 0 Å². The van der Waals surface area contributed by atoms with E-state index in [0.29, 0.717) is 18.7 Å². The van der Waals surface area contributed by atoms with Crippen LogP contribution in [0.3, 0.4) is 0 Å². The Morgan fingerprint density at radius 1 is 1.06 bits per heavy atom. The molecule has 0 rings (SSSR count). The topological polar surface area (TPSA) is 43.0 Å². The Hall–Kier alpha value is -0.200. The van der Waals surface area contributed by atoms with Crippen LogP contribution in [0.15, 0.2) is 0 Å². The first kappa shape index (κ1) is 17.8. The summed E-state index contributed by atoms with van der Waals surface area (Å²) in [7, 11) is 5.21. The van der Waals surface area contributed by atoms with Crippen molar-refractivity contribution in [1.82, 2.24) is 10.2 Å². The van der Waals surface area contributed by atoms with Gasteiger partial charge in [-0.25, -0.2) is 0 Å². The van der Waals surface area contributed by atoms with Gasteiger partial charge in [0.1, 0.15) is 0 Å². The van der Waals surface area contributed by atoms with Gasteiger partial charge in [0.2, 0.25) is 0 Å². The van der Waals surface area contributed by atoms with Gasteiger partial charge >= 0.3 is 0 Å². The van der Waals surface area contributed by atoms with Crippen LogP contribution in [0.2, 0.25) is 0 Å². The second-order valence-corrected chi connectivity index (χ2v) is 4.45. The van der Waals surface area contributed by atoms with Gasteiger partial charge in [0.25, 0.3) is 0 Å². The van der Waals surface area contributed by atoms with Crippen LogP contribution in [0.1, 0.15) is 13.8 Å². The van der Waals surface area contributed by atoms with Crippen molar-refractivity contribution in [3.63, 3.8) is 0 Å². The highest BCUT2D eigenvalue weighted by atomic mass is 16.5. The Labute approximate surface area is 112 Å². The lowest BCUT2D eigenvalue weighted by Crippen LogP contribution is -2.51. The van der Waals surface area contributed by atoms with Gasteiger partial charge in [0, 0.05) is 46.5 Å². The molecule has 18 heavy (non-hydrogen) atoms. The van der Waals surface area contributed by atoms with Gasteiger partial charge in [-0.05, 0) is 13.5 Å². The highest BCUT2D eigenvalue weighted by molar-refractivity contribution is 4.78. The second-order valence-electron chi connectivity index (χ2n) is 4.45. The lowest BCUT2D eigenvalue weighted by Gasteiger charge is -2.36. The summed E-state index contributed by atoms with van der Waals surface area (Å²) in [5.74, 6) is 0. The van der Waals surface area contributed by atoms with Crippen molar-refractivity contribution in [2.24, 2.45) is 0 Å². The Morgan fingerprint density at radius 3 is 2.22 bits per heavy atom. The van der Waals surface area contributed by atoms with E-state index in [1.54, 1.807) is 21.3 Å². The highest BCUT2D eigenvalue weighted by Crippen LogP contribution is 2.07. The summed E-state index contributed by atoms with van der Waals surface area (Å²) in [6, 6.07) is 0.694. The highest BCUT2D eigenvalue weighted by Gasteiger charge is 2.22. The van der Waals surface area contributed by atoms with Crippen LogP contribution in [0.4, 0.5) is 0 Å². The molecule has 0 saturated carbocycles. The average Bonchev–Trinajstić information content (AvgIpc) is 2.36. The van der Waals surface area contributed by atoms with Crippen molar-refractivity contribution < 1.29 is 14.2 Å². The maximum Gasteiger partial charge on any atom is 0.0630 e. The smallest absolute Gasteiger partial charge is 0.0630 e. The molecule has 0 aliphatic carbocycles. The maximum atomic E-state index is 5.33. The Kier molecular flexibility index (Phi) is 11.7. The molecule has 0 bridgehead atoms. The fourth-order valence-corrected chi connectivity index (χ4v) is 2.07. The third-order valence-corrected chi connectivity index (χ3v) is 2.99. The molecule has 110 valence electrons. The second kappa shape index (κ2) is 11.9. The molecular formula is C13H30N2O3. The summed E-state index contributed by atoms with van der Waals surface area (Å²) < 4.78 is 15.8. The third-order valence-electron chi connectivity index (χ3n) is 2.99. The maximum absolute atomic E-state index is 5.33. The first-order valence-corrected chi connectivity index (χ1v) is 6.64. The molecule has 0 aromatic carbocycles. The minimum Gasteiger partial charge on any atom is -0.383 e. The van der Waals surface area contributed by atoms with E-state index in [9.17, 15) is 0 Å². The Bertz CT molecular complexity index is 182. The fraction of sp³-hybridized carbons (Fsp3) is 1.00. The van der Waals surface area contributed by atoms with Gasteiger partial charge in [0.15, 0.2) is 0 Å². The molecule has 2 atom stereocenters. The monoisotopic (exact) mass is 262 g/mol. The zero-order valence-corrected chi connectivity index (χ0v) is 12.6. The molecule has 1 N–H and O–H groups in total. The number of hydrogen-bond donors (Lipinski definition) is 1. The van der Waals surface area contributed by atoms with Crippen LogP contribution in [0.25, 0.3) is 0 Å². The summed E-state index contributed by atoms with van der Waals surface area (Å²) in [6.07, 6.45) is 0. The number of ether oxygens (including phenoxy) is 3. The predicted molar refractivity (Wildman–Crippen MR) is 74.1 cm³/mol. The Balaban J connectivity index is 4.50. The van der Waals surface area contributed by atoms with Crippen molar-refractivity contribution in [1.29, 1.82) is 0 Å². The zero-order valence-electron chi connectivity index (χ0n) is 12.6. The molecule has 0 aliphatic heterocycles. The van der Waals surface area contributed by atoms with E-state index in [4.69, 9.17) is 14.2 Å². The van der Waals surface area contributed by atoms with E-state index >= 15 is 0 Å². The predicted octanol–water partition coefficient (Wildman–Crippen LogP) is 0.594. The van der Waals surface area contributed by atoms with E-state index < -0.39 is 0 Å². The lowest BCUT2D eigenvalue weighted by atomic mass is 10.2. The average molecular weight is 262 g/mol. The van der Waals surface area contributed by atoms with Crippen LogP contribution in [0, 0.1) is 0 Å². The first-order chi connectivity index (χ1) is 8.71. The minimum atomic E-state index is 0.343. The molecule has 0 aromatic rings. The van der Waals surface area contributed by atoms with Gasteiger partial charge in [-0.1, -0.05) is 6.92 Å². The molecule has 5 nitrogen and oxygen atoms in total. The van der Waals surface area contributed by atoms with E-state index in [1.807, 2.05) is 0 Å². The van der Waals surface area contributed by atoms with Crippen molar-refractivity contribution in [2.75, 3.05) is 60.8 Å². The molecule has 0 heterocycles. The van der Waals surface area contributed by atoms with Crippen LogP contribution in [0.5, 0.6) is 0 Å². The SMILES string of the molecule is CCNCC(COC)N(CCOC)C(C)COC. The van der Waals surface area contributed by atoms with Crippen molar-refractivity contribution in [3.8, 4) is 0 Å². The van der Waals surface area contributed by atoms with Crippen LogP contribution >= 0.6 is 0 Å². The molecule has 2 unspecified atom stereocenters. The largest absolute Gasteiger partial charge is 0.383 e. The number of hydrogen-bond acceptors (Lipinski definition) is 5. The van der Waals surface area contributed by atoms with E-state index in [0.717, 1.165) is 32.8 Å². The molecule has 0 saturated heterocycles. The van der Waals surface area contributed by atoms with Gasteiger partial charge < -0.3 is 19.5 Å². The number of nitrogens with zero attached hydrogens (tertiary/aromatic N) is 1.